The standard InChI is InChI=1S/C10H14N2O3S2/c1-12(2)17(14,15)11-7-10-6-9(8-16-10)4-3-5-13/h6,8,11,13H,5,7H2,1-2H3. The molecule has 0 radical (unpaired) electrons. The molecule has 1 rings (SSSR count). The first kappa shape index (κ1) is 14.2. The van der Waals surface area contributed by atoms with Crippen LogP contribution >= 0.6 is 11.3 Å². The summed E-state index contributed by atoms with van der Waals surface area (Å²) in [7, 11) is -0.456. The zero-order chi connectivity index (χ0) is 12.9. The molecule has 0 spiro atoms. The molecule has 0 atom stereocenters. The Morgan fingerprint density at radius 1 is 1.53 bits per heavy atom. The van der Waals surface area contributed by atoms with Gasteiger partial charge in [0.05, 0.1) is 0 Å². The van der Waals surface area contributed by atoms with E-state index >= 15 is 0 Å². The molecule has 5 nitrogen and oxygen atoms in total. The molecule has 1 aromatic rings. The summed E-state index contributed by atoms with van der Waals surface area (Å²) in [5.74, 6) is 5.29. The summed E-state index contributed by atoms with van der Waals surface area (Å²) in [5, 5.41) is 10.4. The van der Waals surface area contributed by atoms with E-state index in [4.69, 9.17) is 5.11 Å². The SMILES string of the molecule is CN(C)S(=O)(=O)NCc1cc(C#CCO)cs1. The van der Waals surface area contributed by atoms with Gasteiger partial charge in [-0.25, -0.2) is 0 Å². The van der Waals surface area contributed by atoms with E-state index in [-0.39, 0.29) is 13.2 Å². The Hall–Kier alpha value is -0.910. The van der Waals surface area contributed by atoms with Gasteiger partial charge in [0.2, 0.25) is 0 Å². The lowest BCUT2D eigenvalue weighted by molar-refractivity contribution is 0.350. The largest absolute Gasteiger partial charge is 0.384 e. The smallest absolute Gasteiger partial charge is 0.279 e. The van der Waals surface area contributed by atoms with E-state index in [1.807, 2.05) is 5.38 Å². The fourth-order valence-corrected chi connectivity index (χ4v) is 2.42. The molecule has 0 unspecified atom stereocenters. The van der Waals surface area contributed by atoms with Crippen LogP contribution in [0.3, 0.4) is 0 Å². The van der Waals surface area contributed by atoms with Crippen molar-refractivity contribution in [3.63, 3.8) is 0 Å². The zero-order valence-corrected chi connectivity index (χ0v) is 11.2. The second kappa shape index (κ2) is 6.14. The zero-order valence-electron chi connectivity index (χ0n) is 9.60. The van der Waals surface area contributed by atoms with E-state index in [1.54, 1.807) is 6.07 Å². The summed E-state index contributed by atoms with van der Waals surface area (Å²) in [6.07, 6.45) is 0. The fourth-order valence-electron chi connectivity index (χ4n) is 0.972. The maximum Gasteiger partial charge on any atom is 0.279 e. The summed E-state index contributed by atoms with van der Waals surface area (Å²) < 4.78 is 26.5. The molecule has 2 N–H and O–H groups in total. The van der Waals surface area contributed by atoms with E-state index in [1.165, 1.54) is 25.4 Å². The summed E-state index contributed by atoms with van der Waals surface area (Å²) in [5.41, 5.74) is 0.781. The van der Waals surface area contributed by atoms with Crippen molar-refractivity contribution in [1.82, 2.24) is 9.03 Å². The van der Waals surface area contributed by atoms with Gasteiger partial charge in [0.1, 0.15) is 6.61 Å². The van der Waals surface area contributed by atoms with Crippen molar-refractivity contribution in [3.05, 3.63) is 21.9 Å². The number of aliphatic hydroxyl groups is 1. The van der Waals surface area contributed by atoms with Gasteiger partial charge in [0, 0.05) is 36.5 Å². The van der Waals surface area contributed by atoms with E-state index in [0.29, 0.717) is 0 Å². The Bertz CT molecular complexity index is 523. The van der Waals surface area contributed by atoms with Crippen LogP contribution < -0.4 is 4.72 Å². The van der Waals surface area contributed by atoms with Gasteiger partial charge in [-0.15, -0.1) is 11.3 Å². The molecular formula is C10H14N2O3S2. The lowest BCUT2D eigenvalue weighted by atomic mass is 10.3. The predicted octanol–water partition coefficient (Wildman–Crippen LogP) is -0.0121. The molecule has 17 heavy (non-hydrogen) atoms. The summed E-state index contributed by atoms with van der Waals surface area (Å²) in [6, 6.07) is 1.80. The highest BCUT2D eigenvalue weighted by atomic mass is 32.2. The fraction of sp³-hybridized carbons (Fsp3) is 0.400. The third kappa shape index (κ3) is 4.46. The highest BCUT2D eigenvalue weighted by Crippen LogP contribution is 2.13. The van der Waals surface area contributed by atoms with Gasteiger partial charge in [-0.1, -0.05) is 11.8 Å². The third-order valence-electron chi connectivity index (χ3n) is 1.88. The van der Waals surface area contributed by atoms with Crippen LogP contribution in [0.2, 0.25) is 0 Å². The maximum atomic E-state index is 11.4. The van der Waals surface area contributed by atoms with Crippen molar-refractivity contribution in [2.45, 2.75) is 6.54 Å². The number of thiophene rings is 1. The monoisotopic (exact) mass is 274 g/mol. The molecule has 1 aromatic heterocycles. The minimum atomic E-state index is -3.39. The van der Waals surface area contributed by atoms with E-state index in [2.05, 4.69) is 16.6 Å². The molecule has 0 aliphatic rings. The first-order chi connectivity index (χ1) is 7.95. The molecule has 7 heteroatoms. The maximum absolute atomic E-state index is 11.4. The number of hydrogen-bond donors (Lipinski definition) is 2. The Morgan fingerprint density at radius 2 is 2.24 bits per heavy atom. The molecule has 0 saturated heterocycles. The lowest BCUT2D eigenvalue weighted by Crippen LogP contribution is -2.34. The molecule has 94 valence electrons. The third-order valence-corrected chi connectivity index (χ3v) is 4.28. The molecular weight excluding hydrogens is 260 g/mol. The lowest BCUT2D eigenvalue weighted by Gasteiger charge is -2.11. The second-order valence-corrected chi connectivity index (χ2v) is 6.34. The number of aliphatic hydroxyl groups excluding tert-OH is 1. The average Bonchev–Trinajstić information content (AvgIpc) is 2.71. The van der Waals surface area contributed by atoms with Gasteiger partial charge in [0.15, 0.2) is 0 Å². The number of nitrogens with zero attached hydrogens (tertiary/aromatic N) is 1. The molecule has 1 heterocycles. The Labute approximate surface area is 105 Å². The van der Waals surface area contributed by atoms with Crippen LogP contribution in [0.15, 0.2) is 11.4 Å². The van der Waals surface area contributed by atoms with E-state index in [0.717, 1.165) is 14.7 Å². The van der Waals surface area contributed by atoms with Gasteiger partial charge in [-0.2, -0.15) is 17.4 Å². The van der Waals surface area contributed by atoms with Crippen molar-refractivity contribution < 1.29 is 13.5 Å². The van der Waals surface area contributed by atoms with Gasteiger partial charge in [-0.3, -0.25) is 0 Å². The number of hydrogen-bond acceptors (Lipinski definition) is 4. The quantitative estimate of drug-likeness (QED) is 0.759. The molecule has 0 bridgehead atoms. The van der Waals surface area contributed by atoms with Crippen LogP contribution in [0.4, 0.5) is 0 Å². The van der Waals surface area contributed by atoms with Crippen LogP contribution in [-0.4, -0.2) is 38.5 Å². The van der Waals surface area contributed by atoms with Crippen molar-refractivity contribution >= 4 is 21.5 Å². The molecule has 0 fully saturated rings. The number of nitrogens with one attached hydrogen (secondary N) is 1. The Balaban J connectivity index is 2.62. The Kier molecular flexibility index (Phi) is 5.11. The minimum Gasteiger partial charge on any atom is -0.384 e. The van der Waals surface area contributed by atoms with Crippen molar-refractivity contribution in [1.29, 1.82) is 0 Å². The van der Waals surface area contributed by atoms with Gasteiger partial charge in [0.25, 0.3) is 10.2 Å². The first-order valence-corrected chi connectivity index (χ1v) is 7.12. The van der Waals surface area contributed by atoms with Gasteiger partial charge < -0.3 is 5.11 Å². The number of rotatable bonds is 4. The summed E-state index contributed by atoms with van der Waals surface area (Å²) in [6.45, 7) is 0.0599. The first-order valence-electron chi connectivity index (χ1n) is 4.80. The molecule has 0 aliphatic carbocycles. The predicted molar refractivity (Wildman–Crippen MR) is 67.7 cm³/mol. The normalized spacial score (nSPS) is 11.3. The van der Waals surface area contributed by atoms with Crippen LogP contribution in [0.25, 0.3) is 0 Å². The van der Waals surface area contributed by atoms with Crippen molar-refractivity contribution in [2.24, 2.45) is 0 Å². The Morgan fingerprint density at radius 3 is 2.82 bits per heavy atom. The molecule has 0 aromatic carbocycles. The highest BCUT2D eigenvalue weighted by Gasteiger charge is 2.12. The summed E-state index contributed by atoms with van der Waals surface area (Å²) >= 11 is 1.42. The highest BCUT2D eigenvalue weighted by molar-refractivity contribution is 7.87. The van der Waals surface area contributed by atoms with Crippen molar-refractivity contribution in [2.75, 3.05) is 20.7 Å². The van der Waals surface area contributed by atoms with E-state index in [9.17, 15) is 8.42 Å². The second-order valence-electron chi connectivity index (χ2n) is 3.37. The van der Waals surface area contributed by atoms with Crippen LogP contribution in [0.1, 0.15) is 10.4 Å². The van der Waals surface area contributed by atoms with Crippen LogP contribution in [0, 0.1) is 11.8 Å². The molecule has 0 amide bonds. The molecule has 0 aliphatic heterocycles. The van der Waals surface area contributed by atoms with Gasteiger partial charge >= 0.3 is 0 Å². The van der Waals surface area contributed by atoms with Crippen molar-refractivity contribution in [3.8, 4) is 11.8 Å². The van der Waals surface area contributed by atoms with Gasteiger partial charge in [-0.05, 0) is 6.07 Å². The van der Waals surface area contributed by atoms with E-state index < -0.39 is 10.2 Å². The average molecular weight is 274 g/mol. The topological polar surface area (TPSA) is 69.6 Å². The summed E-state index contributed by atoms with van der Waals surface area (Å²) in [4.78, 5) is 0.873. The van der Waals surface area contributed by atoms with Crippen LogP contribution in [-0.2, 0) is 16.8 Å². The minimum absolute atomic E-state index is 0.182. The molecule has 0 saturated carbocycles. The van der Waals surface area contributed by atoms with Crippen LogP contribution in [0.5, 0.6) is 0 Å².